The normalized spacial score (nSPS) is 10.9. The number of hydrogen-bond acceptors (Lipinski definition) is 5. The molecule has 0 N–H and O–H groups in total. The number of thioether (sulfide) groups is 1. The number of carbonyl (C=O) groups excluding carboxylic acids is 1. The molecule has 0 saturated carbocycles. The zero-order valence-electron chi connectivity index (χ0n) is 17.2. The van der Waals surface area contributed by atoms with Gasteiger partial charge in [0.25, 0.3) is 0 Å². The first kappa shape index (κ1) is 21.3. The first-order valence-electron chi connectivity index (χ1n) is 9.67. The van der Waals surface area contributed by atoms with Crippen LogP contribution in [-0.4, -0.2) is 35.3 Å². The number of carbonyl (C=O) groups is 1. The minimum absolute atomic E-state index is 0.0118. The summed E-state index contributed by atoms with van der Waals surface area (Å²) in [5, 5.41) is 1.41. The van der Waals surface area contributed by atoms with Crippen LogP contribution in [0, 0.1) is 0 Å². The van der Waals surface area contributed by atoms with Crippen LogP contribution >= 0.6 is 23.4 Å². The number of benzene rings is 3. The minimum Gasteiger partial charge on any atom is -0.493 e. The Balaban J connectivity index is 1.60. The largest absolute Gasteiger partial charge is 0.493 e. The molecule has 0 spiro atoms. The molecule has 7 heteroatoms. The van der Waals surface area contributed by atoms with Crippen LogP contribution in [0.15, 0.2) is 71.9 Å². The van der Waals surface area contributed by atoms with Crippen LogP contribution in [0.2, 0.25) is 5.02 Å². The van der Waals surface area contributed by atoms with E-state index in [1.807, 2.05) is 36.4 Å². The van der Waals surface area contributed by atoms with Gasteiger partial charge in [-0.15, -0.1) is 0 Å². The van der Waals surface area contributed by atoms with E-state index < -0.39 is 0 Å². The van der Waals surface area contributed by atoms with Crippen molar-refractivity contribution in [3.63, 3.8) is 0 Å². The number of methoxy groups -OCH3 is 2. The zero-order chi connectivity index (χ0) is 21.8. The van der Waals surface area contributed by atoms with Gasteiger partial charge < -0.3 is 14.0 Å². The fraction of sp³-hybridized carbons (Fsp3) is 0.167. The first-order chi connectivity index (χ1) is 15.1. The first-order valence-corrected chi connectivity index (χ1v) is 11.0. The van der Waals surface area contributed by atoms with Crippen molar-refractivity contribution in [2.75, 3.05) is 20.0 Å². The molecule has 4 rings (SSSR count). The Kier molecular flexibility index (Phi) is 6.49. The van der Waals surface area contributed by atoms with Crippen molar-refractivity contribution in [1.29, 1.82) is 0 Å². The van der Waals surface area contributed by atoms with Crippen LogP contribution in [0.4, 0.5) is 0 Å². The minimum atomic E-state index is -0.0118. The molecule has 31 heavy (non-hydrogen) atoms. The number of fused-ring (bicyclic) bond motifs is 1. The van der Waals surface area contributed by atoms with Gasteiger partial charge in [0, 0.05) is 10.6 Å². The molecule has 5 nitrogen and oxygen atoms in total. The molecular formula is C24H21ClN2O3S. The monoisotopic (exact) mass is 452 g/mol. The van der Waals surface area contributed by atoms with Gasteiger partial charge in [-0.25, -0.2) is 4.98 Å². The zero-order valence-corrected chi connectivity index (χ0v) is 18.7. The van der Waals surface area contributed by atoms with Crippen molar-refractivity contribution >= 4 is 40.2 Å². The summed E-state index contributed by atoms with van der Waals surface area (Å²) in [5.74, 6) is 1.36. The van der Waals surface area contributed by atoms with E-state index >= 15 is 0 Å². The van der Waals surface area contributed by atoms with Crippen molar-refractivity contribution in [1.82, 2.24) is 9.55 Å². The van der Waals surface area contributed by atoms with E-state index in [1.165, 1.54) is 11.8 Å². The van der Waals surface area contributed by atoms with Gasteiger partial charge in [0.1, 0.15) is 0 Å². The van der Waals surface area contributed by atoms with Crippen LogP contribution in [0.5, 0.6) is 11.5 Å². The van der Waals surface area contributed by atoms with Crippen LogP contribution in [-0.2, 0) is 6.54 Å². The Morgan fingerprint density at radius 2 is 1.77 bits per heavy atom. The summed E-state index contributed by atoms with van der Waals surface area (Å²) in [6.07, 6.45) is 0. The van der Waals surface area contributed by atoms with Gasteiger partial charge >= 0.3 is 0 Å². The van der Waals surface area contributed by atoms with Gasteiger partial charge in [-0.3, -0.25) is 4.79 Å². The van der Waals surface area contributed by atoms with Crippen LogP contribution in [0.25, 0.3) is 11.0 Å². The summed E-state index contributed by atoms with van der Waals surface area (Å²) in [6, 6.07) is 21.0. The number of halogens is 1. The molecule has 0 amide bonds. The molecule has 0 atom stereocenters. The maximum Gasteiger partial charge on any atom is 0.173 e. The van der Waals surface area contributed by atoms with E-state index in [1.54, 1.807) is 32.4 Å². The highest BCUT2D eigenvalue weighted by molar-refractivity contribution is 7.99. The molecule has 0 radical (unpaired) electrons. The fourth-order valence-electron chi connectivity index (χ4n) is 3.33. The quantitative estimate of drug-likeness (QED) is 0.252. The molecule has 1 heterocycles. The van der Waals surface area contributed by atoms with Crippen LogP contribution in [0.1, 0.15) is 15.9 Å². The Morgan fingerprint density at radius 3 is 2.52 bits per heavy atom. The molecule has 0 fully saturated rings. The third kappa shape index (κ3) is 4.70. The van der Waals surface area contributed by atoms with Crippen molar-refractivity contribution in [2.45, 2.75) is 11.7 Å². The highest BCUT2D eigenvalue weighted by Gasteiger charge is 2.16. The lowest BCUT2D eigenvalue weighted by molar-refractivity contribution is 0.102. The van der Waals surface area contributed by atoms with Gasteiger partial charge in [-0.1, -0.05) is 53.7 Å². The van der Waals surface area contributed by atoms with E-state index in [0.717, 1.165) is 21.8 Å². The molecule has 3 aromatic carbocycles. The summed E-state index contributed by atoms with van der Waals surface area (Å²) in [7, 11) is 3.12. The van der Waals surface area contributed by atoms with Crippen molar-refractivity contribution < 1.29 is 14.3 Å². The average Bonchev–Trinajstić information content (AvgIpc) is 3.13. The standard InChI is InChI=1S/C24H21ClN2O3S/c1-29-22-11-8-17(12-23(22)30-2)21(28)15-31-24-26-19-13-18(25)9-10-20(19)27(24)14-16-6-4-3-5-7-16/h3-13H,14-15H2,1-2H3. The predicted octanol–water partition coefficient (Wildman–Crippen LogP) is 5.73. The Bertz CT molecular complexity index is 1220. The molecule has 158 valence electrons. The van der Waals surface area contributed by atoms with Gasteiger partial charge in [0.2, 0.25) is 0 Å². The van der Waals surface area contributed by atoms with Crippen molar-refractivity contribution in [3.8, 4) is 11.5 Å². The number of imidazole rings is 1. The number of ether oxygens (including phenoxy) is 2. The summed E-state index contributed by atoms with van der Waals surface area (Å²) in [5.41, 5.74) is 3.52. The third-order valence-corrected chi connectivity index (χ3v) is 6.11. The molecular weight excluding hydrogens is 432 g/mol. The van der Waals surface area contributed by atoms with Gasteiger partial charge in [0.05, 0.1) is 37.6 Å². The van der Waals surface area contributed by atoms with Crippen molar-refractivity contribution in [2.24, 2.45) is 0 Å². The molecule has 0 aliphatic heterocycles. The second-order valence-corrected chi connectivity index (χ2v) is 8.26. The average molecular weight is 453 g/mol. The molecule has 1 aromatic heterocycles. The molecule has 0 saturated heterocycles. The number of rotatable bonds is 8. The maximum atomic E-state index is 12.8. The molecule has 0 bridgehead atoms. The van der Waals surface area contributed by atoms with Crippen LogP contribution in [0.3, 0.4) is 0 Å². The highest BCUT2D eigenvalue weighted by Crippen LogP contribution is 2.30. The molecule has 0 aliphatic rings. The Hall–Kier alpha value is -2.96. The van der Waals surface area contributed by atoms with Gasteiger partial charge in [0.15, 0.2) is 22.4 Å². The second kappa shape index (κ2) is 9.45. The van der Waals surface area contributed by atoms with E-state index in [4.69, 9.17) is 26.1 Å². The van der Waals surface area contributed by atoms with E-state index in [0.29, 0.717) is 28.6 Å². The van der Waals surface area contributed by atoms with E-state index in [-0.39, 0.29) is 11.5 Å². The molecule has 0 unspecified atom stereocenters. The highest BCUT2D eigenvalue weighted by atomic mass is 35.5. The lowest BCUT2D eigenvalue weighted by Gasteiger charge is -2.10. The van der Waals surface area contributed by atoms with E-state index in [9.17, 15) is 4.79 Å². The number of nitrogens with zero attached hydrogens (tertiary/aromatic N) is 2. The smallest absolute Gasteiger partial charge is 0.173 e. The van der Waals surface area contributed by atoms with E-state index in [2.05, 4.69) is 16.7 Å². The second-order valence-electron chi connectivity index (χ2n) is 6.88. The third-order valence-electron chi connectivity index (χ3n) is 4.90. The number of ketones is 1. The summed E-state index contributed by atoms with van der Waals surface area (Å²) in [4.78, 5) is 17.6. The number of aromatic nitrogens is 2. The summed E-state index contributed by atoms with van der Waals surface area (Å²) in [6.45, 7) is 0.659. The van der Waals surface area contributed by atoms with Crippen LogP contribution < -0.4 is 9.47 Å². The van der Waals surface area contributed by atoms with Gasteiger partial charge in [-0.05, 0) is 42.0 Å². The predicted molar refractivity (Wildman–Crippen MR) is 125 cm³/mol. The Morgan fingerprint density at radius 1 is 1.00 bits per heavy atom. The fourth-order valence-corrected chi connectivity index (χ4v) is 4.41. The summed E-state index contributed by atoms with van der Waals surface area (Å²) < 4.78 is 12.7. The Labute approximate surface area is 190 Å². The molecule has 4 aromatic rings. The SMILES string of the molecule is COc1ccc(C(=O)CSc2nc3cc(Cl)ccc3n2Cc2ccccc2)cc1OC. The van der Waals surface area contributed by atoms with Gasteiger partial charge in [-0.2, -0.15) is 0 Å². The number of Topliss-reactive ketones (excluding diaryl/α,β-unsaturated/α-hetero) is 1. The maximum absolute atomic E-state index is 12.8. The lowest BCUT2D eigenvalue weighted by atomic mass is 10.1. The molecule has 0 aliphatic carbocycles. The topological polar surface area (TPSA) is 53.3 Å². The lowest BCUT2D eigenvalue weighted by Crippen LogP contribution is -2.06. The summed E-state index contributed by atoms with van der Waals surface area (Å²) >= 11 is 7.58. The number of hydrogen-bond donors (Lipinski definition) is 0. The van der Waals surface area contributed by atoms with Crippen molar-refractivity contribution in [3.05, 3.63) is 82.9 Å².